The zero-order valence-corrected chi connectivity index (χ0v) is 14.7. The highest BCUT2D eigenvalue weighted by Gasteiger charge is 2.52. The fourth-order valence-corrected chi connectivity index (χ4v) is 2.32. The van der Waals surface area contributed by atoms with Gasteiger partial charge in [0.2, 0.25) is 0 Å². The van der Waals surface area contributed by atoms with Gasteiger partial charge >= 0.3 is 13.1 Å². The first-order valence-electron chi connectivity index (χ1n) is 7.75. The van der Waals surface area contributed by atoms with Gasteiger partial charge in [0.15, 0.2) is 0 Å². The van der Waals surface area contributed by atoms with Gasteiger partial charge in [0.1, 0.15) is 5.82 Å². The molecule has 1 fully saturated rings. The van der Waals surface area contributed by atoms with Gasteiger partial charge in [-0.05, 0) is 51.4 Å². The average Bonchev–Trinajstić information content (AvgIpc) is 2.73. The molecule has 0 saturated carbocycles. The quantitative estimate of drug-likeness (QED) is 0.676. The lowest BCUT2D eigenvalue weighted by atomic mass is 9.77. The smallest absolute Gasteiger partial charge is 0.465 e. The Morgan fingerprint density at radius 1 is 1.29 bits per heavy atom. The molecule has 2 rings (SSSR count). The average molecular weight is 335 g/mol. The molecule has 0 amide bonds. The number of carbonyl (C=O) groups excluding carboxylic acids is 1. The summed E-state index contributed by atoms with van der Waals surface area (Å²) in [6, 6.07) is 4.01. The van der Waals surface area contributed by atoms with Crippen molar-refractivity contribution in [2.75, 3.05) is 13.7 Å². The van der Waals surface area contributed by atoms with Gasteiger partial charge in [-0.1, -0.05) is 6.08 Å². The minimum Gasteiger partial charge on any atom is -0.465 e. The van der Waals surface area contributed by atoms with Crippen LogP contribution in [0.1, 0.15) is 43.6 Å². The predicted octanol–water partition coefficient (Wildman–Crippen LogP) is 2.59. The summed E-state index contributed by atoms with van der Waals surface area (Å²) >= 11 is 0. The summed E-state index contributed by atoms with van der Waals surface area (Å²) in [5.41, 5.74) is 5.86. The molecule has 0 spiro atoms. The number of hydrogen-bond acceptors (Lipinski definition) is 5. The highest BCUT2D eigenvalue weighted by molar-refractivity contribution is 6.55. The Balaban J connectivity index is 2.37. The largest absolute Gasteiger partial charge is 0.491 e. The highest BCUT2D eigenvalue weighted by atomic mass is 19.1. The van der Waals surface area contributed by atoms with Crippen LogP contribution in [-0.2, 0) is 14.0 Å². The SMILES string of the molecule is COC(=O)c1ccc(F)c(C=C(CN)B2OC(C)(C)C(C)(C)O2)c1. The van der Waals surface area contributed by atoms with E-state index in [2.05, 4.69) is 4.74 Å². The zero-order valence-electron chi connectivity index (χ0n) is 14.7. The first kappa shape index (κ1) is 18.6. The number of rotatable bonds is 4. The first-order valence-corrected chi connectivity index (χ1v) is 7.75. The number of ether oxygens (including phenoxy) is 1. The van der Waals surface area contributed by atoms with Crippen molar-refractivity contribution in [3.05, 3.63) is 40.6 Å². The summed E-state index contributed by atoms with van der Waals surface area (Å²) in [5.74, 6) is -1.00. The van der Waals surface area contributed by atoms with E-state index in [4.69, 9.17) is 15.0 Å². The van der Waals surface area contributed by atoms with Gasteiger partial charge in [-0.3, -0.25) is 0 Å². The van der Waals surface area contributed by atoms with E-state index in [1.54, 1.807) is 6.08 Å². The lowest BCUT2D eigenvalue weighted by molar-refractivity contribution is 0.00578. The molecule has 0 aromatic heterocycles. The van der Waals surface area contributed by atoms with Gasteiger partial charge in [-0.2, -0.15) is 0 Å². The van der Waals surface area contributed by atoms with E-state index < -0.39 is 30.1 Å². The van der Waals surface area contributed by atoms with Crippen LogP contribution in [0.25, 0.3) is 6.08 Å². The van der Waals surface area contributed by atoms with Crippen molar-refractivity contribution >= 4 is 19.2 Å². The second-order valence-corrected chi connectivity index (χ2v) is 6.74. The molecule has 7 heteroatoms. The minimum atomic E-state index is -0.666. The van der Waals surface area contributed by atoms with E-state index >= 15 is 0 Å². The van der Waals surface area contributed by atoms with Crippen LogP contribution in [0.4, 0.5) is 4.39 Å². The van der Waals surface area contributed by atoms with Crippen molar-refractivity contribution in [2.24, 2.45) is 5.73 Å². The topological polar surface area (TPSA) is 70.8 Å². The molecule has 24 heavy (non-hydrogen) atoms. The van der Waals surface area contributed by atoms with Gasteiger partial charge < -0.3 is 19.8 Å². The lowest BCUT2D eigenvalue weighted by Gasteiger charge is -2.32. The Morgan fingerprint density at radius 2 is 1.88 bits per heavy atom. The van der Waals surface area contributed by atoms with Crippen molar-refractivity contribution in [1.82, 2.24) is 0 Å². The van der Waals surface area contributed by atoms with Crippen LogP contribution < -0.4 is 5.73 Å². The fourth-order valence-electron chi connectivity index (χ4n) is 2.32. The summed E-state index contributed by atoms with van der Waals surface area (Å²) in [4.78, 5) is 11.6. The number of methoxy groups -OCH3 is 1. The normalized spacial score (nSPS) is 19.5. The molecule has 5 nitrogen and oxygen atoms in total. The molecule has 0 atom stereocenters. The van der Waals surface area contributed by atoms with Gasteiger partial charge in [-0.15, -0.1) is 0 Å². The number of carbonyl (C=O) groups is 1. The minimum absolute atomic E-state index is 0.138. The number of hydrogen-bond donors (Lipinski definition) is 1. The van der Waals surface area contributed by atoms with E-state index in [9.17, 15) is 9.18 Å². The van der Waals surface area contributed by atoms with E-state index in [0.717, 1.165) is 0 Å². The summed E-state index contributed by atoms with van der Waals surface area (Å²) in [5, 5.41) is 0. The van der Waals surface area contributed by atoms with Gasteiger partial charge in [-0.25, -0.2) is 9.18 Å². The zero-order chi connectivity index (χ0) is 18.1. The standard InChI is InChI=1S/C17H23BFNO4/c1-16(2)17(3,4)24-18(23-16)13(10-20)9-12-8-11(15(21)22-5)6-7-14(12)19/h6-9H,10,20H2,1-5H3. The molecule has 130 valence electrons. The van der Waals surface area contributed by atoms with Crippen LogP contribution >= 0.6 is 0 Å². The fraction of sp³-hybridized carbons (Fsp3) is 0.471. The van der Waals surface area contributed by atoms with E-state index in [1.807, 2.05) is 27.7 Å². The Morgan fingerprint density at radius 3 is 2.38 bits per heavy atom. The Labute approximate surface area is 142 Å². The highest BCUT2D eigenvalue weighted by Crippen LogP contribution is 2.38. The lowest BCUT2D eigenvalue weighted by Crippen LogP contribution is -2.41. The maximum atomic E-state index is 14.1. The summed E-state index contributed by atoms with van der Waals surface area (Å²) in [6.45, 7) is 7.86. The molecule has 0 radical (unpaired) electrons. The molecule has 0 bridgehead atoms. The molecule has 1 aromatic rings. The van der Waals surface area contributed by atoms with Crippen LogP contribution in [0.3, 0.4) is 0 Å². The molecule has 1 heterocycles. The van der Waals surface area contributed by atoms with Crippen LogP contribution in [-0.4, -0.2) is 37.9 Å². The Kier molecular flexibility index (Phi) is 5.18. The Bertz CT molecular complexity index is 657. The van der Waals surface area contributed by atoms with E-state index in [0.29, 0.717) is 5.47 Å². The predicted molar refractivity (Wildman–Crippen MR) is 90.9 cm³/mol. The number of halogens is 1. The van der Waals surface area contributed by atoms with Crippen molar-refractivity contribution in [2.45, 2.75) is 38.9 Å². The Hall–Kier alpha value is -1.70. The van der Waals surface area contributed by atoms with E-state index in [1.165, 1.54) is 25.3 Å². The molecule has 0 aliphatic carbocycles. The summed E-state index contributed by atoms with van der Waals surface area (Å²) in [6.07, 6.45) is 1.56. The molecular weight excluding hydrogens is 312 g/mol. The van der Waals surface area contributed by atoms with Crippen LogP contribution in [0.15, 0.2) is 23.7 Å². The maximum Gasteiger partial charge on any atom is 0.491 e. The molecule has 1 aliphatic heterocycles. The van der Waals surface area contributed by atoms with E-state index in [-0.39, 0.29) is 17.7 Å². The van der Waals surface area contributed by atoms with Crippen molar-refractivity contribution in [3.8, 4) is 0 Å². The van der Waals surface area contributed by atoms with Crippen molar-refractivity contribution in [3.63, 3.8) is 0 Å². The third-order valence-electron chi connectivity index (χ3n) is 4.55. The van der Waals surface area contributed by atoms with Crippen molar-refractivity contribution < 1.29 is 23.2 Å². The third-order valence-corrected chi connectivity index (χ3v) is 4.55. The molecule has 1 aromatic carbocycles. The first-order chi connectivity index (χ1) is 11.1. The number of nitrogens with two attached hydrogens (primary N) is 1. The summed E-state index contributed by atoms with van der Waals surface area (Å²) < 4.78 is 30.7. The second-order valence-electron chi connectivity index (χ2n) is 6.74. The van der Waals surface area contributed by atoms with Gasteiger partial charge in [0, 0.05) is 12.1 Å². The molecule has 0 unspecified atom stereocenters. The van der Waals surface area contributed by atoms with Crippen molar-refractivity contribution in [1.29, 1.82) is 0 Å². The molecule has 1 aliphatic rings. The number of esters is 1. The monoisotopic (exact) mass is 335 g/mol. The van der Waals surface area contributed by atoms with Crippen LogP contribution in [0, 0.1) is 5.82 Å². The van der Waals surface area contributed by atoms with Crippen LogP contribution in [0.5, 0.6) is 0 Å². The maximum absolute atomic E-state index is 14.1. The molecule has 1 saturated heterocycles. The molecular formula is C17H23BFNO4. The summed E-state index contributed by atoms with van der Waals surface area (Å²) in [7, 11) is 0.609. The number of benzene rings is 1. The third kappa shape index (κ3) is 3.53. The van der Waals surface area contributed by atoms with Gasteiger partial charge in [0.25, 0.3) is 0 Å². The van der Waals surface area contributed by atoms with Crippen LogP contribution in [0.2, 0.25) is 0 Å². The second kappa shape index (κ2) is 6.66. The molecule has 2 N–H and O–H groups in total. The van der Waals surface area contributed by atoms with Gasteiger partial charge in [0.05, 0.1) is 23.9 Å².